The van der Waals surface area contributed by atoms with Crippen LogP contribution in [-0.4, -0.2) is 19.2 Å². The fourth-order valence-corrected chi connectivity index (χ4v) is 1.73. The maximum atomic E-state index is 5.82. The van der Waals surface area contributed by atoms with Crippen molar-refractivity contribution in [3.05, 3.63) is 29.8 Å². The molecule has 0 aliphatic carbocycles. The van der Waals surface area contributed by atoms with E-state index in [2.05, 4.69) is 57.3 Å². The van der Waals surface area contributed by atoms with Crippen LogP contribution >= 0.6 is 0 Å². The lowest BCUT2D eigenvalue weighted by atomic mass is 9.99. The Bertz CT molecular complexity index is 307. The number of hydrogen-bond acceptors (Lipinski definition) is 2. The summed E-state index contributed by atoms with van der Waals surface area (Å²) in [5, 5.41) is 3.28. The van der Waals surface area contributed by atoms with Crippen molar-refractivity contribution < 1.29 is 4.74 Å². The quantitative estimate of drug-likeness (QED) is 0.780. The van der Waals surface area contributed by atoms with E-state index in [-0.39, 0.29) is 6.10 Å². The molecule has 2 nitrogen and oxygen atoms in total. The van der Waals surface area contributed by atoms with Gasteiger partial charge in [-0.05, 0) is 43.5 Å². The average molecular weight is 235 g/mol. The molecule has 0 radical (unpaired) electrons. The van der Waals surface area contributed by atoms with E-state index in [4.69, 9.17) is 4.74 Å². The highest BCUT2D eigenvalue weighted by Crippen LogP contribution is 2.21. The number of nitrogens with one attached hydrogen (secondary N) is 1. The minimum Gasteiger partial charge on any atom is -0.489 e. The average Bonchev–Trinajstić information content (AvgIpc) is 2.36. The Balaban J connectivity index is 2.50. The van der Waals surface area contributed by atoms with Crippen LogP contribution in [0.4, 0.5) is 0 Å². The number of ether oxygens (including phenoxy) is 1. The summed E-state index contributed by atoms with van der Waals surface area (Å²) in [6, 6.07) is 8.49. The second-order valence-corrected chi connectivity index (χ2v) is 4.61. The molecule has 2 heteroatoms. The number of rotatable bonds is 7. The lowest BCUT2D eigenvalue weighted by Crippen LogP contribution is -2.28. The topological polar surface area (TPSA) is 21.3 Å². The van der Waals surface area contributed by atoms with E-state index < -0.39 is 0 Å². The Morgan fingerprint density at radius 2 is 1.76 bits per heavy atom. The van der Waals surface area contributed by atoms with Gasteiger partial charge in [-0.25, -0.2) is 0 Å². The van der Waals surface area contributed by atoms with E-state index in [1.807, 2.05) is 0 Å². The van der Waals surface area contributed by atoms with Crippen molar-refractivity contribution in [1.82, 2.24) is 5.32 Å². The molecule has 0 aliphatic rings. The summed E-state index contributed by atoms with van der Waals surface area (Å²) < 4.78 is 5.82. The van der Waals surface area contributed by atoms with Crippen LogP contribution in [0.5, 0.6) is 5.75 Å². The minimum atomic E-state index is 0.212. The monoisotopic (exact) mass is 235 g/mol. The van der Waals surface area contributed by atoms with Gasteiger partial charge in [0, 0.05) is 6.54 Å². The molecule has 0 saturated carbocycles. The van der Waals surface area contributed by atoms with Crippen molar-refractivity contribution in [3.8, 4) is 5.75 Å². The van der Waals surface area contributed by atoms with Gasteiger partial charge >= 0.3 is 0 Å². The summed E-state index contributed by atoms with van der Waals surface area (Å²) in [6.07, 6.45) is 1.39. The van der Waals surface area contributed by atoms with Crippen LogP contribution in [0.3, 0.4) is 0 Å². The third-order valence-electron chi connectivity index (χ3n) is 3.08. The van der Waals surface area contributed by atoms with Gasteiger partial charge in [0.05, 0.1) is 0 Å². The molecule has 0 aliphatic heterocycles. The first-order chi connectivity index (χ1) is 8.17. The van der Waals surface area contributed by atoms with E-state index in [1.165, 1.54) is 12.0 Å². The van der Waals surface area contributed by atoms with Crippen molar-refractivity contribution in [2.75, 3.05) is 13.1 Å². The van der Waals surface area contributed by atoms with Gasteiger partial charge in [0.15, 0.2) is 0 Å². The van der Waals surface area contributed by atoms with Gasteiger partial charge in [0.1, 0.15) is 11.9 Å². The molecule has 0 heterocycles. The molecule has 1 N–H and O–H groups in total. The Hall–Kier alpha value is -1.02. The van der Waals surface area contributed by atoms with Crippen molar-refractivity contribution in [2.24, 2.45) is 0 Å². The van der Waals surface area contributed by atoms with Crippen LogP contribution in [0.25, 0.3) is 0 Å². The molecule has 96 valence electrons. The molecule has 17 heavy (non-hydrogen) atoms. The highest BCUT2D eigenvalue weighted by Gasteiger charge is 2.05. The molecule has 0 fully saturated rings. The van der Waals surface area contributed by atoms with Gasteiger partial charge in [0.25, 0.3) is 0 Å². The molecule has 0 spiro atoms. The summed E-state index contributed by atoms with van der Waals surface area (Å²) in [4.78, 5) is 0. The van der Waals surface area contributed by atoms with E-state index in [0.717, 1.165) is 18.8 Å². The highest BCUT2D eigenvalue weighted by molar-refractivity contribution is 5.29. The number of likely N-dealkylation sites (N-methyl/N-ethyl adjacent to an activating group) is 1. The third-order valence-corrected chi connectivity index (χ3v) is 3.08. The molecule has 1 aromatic rings. The fourth-order valence-electron chi connectivity index (χ4n) is 1.73. The lowest BCUT2D eigenvalue weighted by Gasteiger charge is -2.16. The van der Waals surface area contributed by atoms with Crippen LogP contribution in [0.15, 0.2) is 24.3 Å². The van der Waals surface area contributed by atoms with Crippen molar-refractivity contribution >= 4 is 0 Å². The Morgan fingerprint density at radius 1 is 1.12 bits per heavy atom. The molecular weight excluding hydrogens is 210 g/mol. The predicted molar refractivity (Wildman–Crippen MR) is 73.8 cm³/mol. The second-order valence-electron chi connectivity index (χ2n) is 4.61. The lowest BCUT2D eigenvalue weighted by molar-refractivity contribution is 0.218. The molecule has 2 unspecified atom stereocenters. The molecule has 2 atom stereocenters. The maximum Gasteiger partial charge on any atom is 0.119 e. The van der Waals surface area contributed by atoms with Gasteiger partial charge in [-0.3, -0.25) is 0 Å². The molecule has 0 saturated heterocycles. The van der Waals surface area contributed by atoms with Crippen molar-refractivity contribution in [3.63, 3.8) is 0 Å². The first-order valence-corrected chi connectivity index (χ1v) is 6.64. The van der Waals surface area contributed by atoms with Crippen LogP contribution in [-0.2, 0) is 0 Å². The number of hydrogen-bond donors (Lipinski definition) is 1. The van der Waals surface area contributed by atoms with Gasteiger partial charge in [-0.2, -0.15) is 0 Å². The van der Waals surface area contributed by atoms with E-state index in [9.17, 15) is 0 Å². The van der Waals surface area contributed by atoms with Gasteiger partial charge in [-0.15, -0.1) is 0 Å². The second kappa shape index (κ2) is 7.33. The normalized spacial score (nSPS) is 14.4. The van der Waals surface area contributed by atoms with Crippen LogP contribution < -0.4 is 10.1 Å². The minimum absolute atomic E-state index is 0.212. The predicted octanol–water partition coefficient (Wildman–Crippen LogP) is 3.58. The molecule has 0 amide bonds. The highest BCUT2D eigenvalue weighted by atomic mass is 16.5. The van der Waals surface area contributed by atoms with E-state index >= 15 is 0 Å². The van der Waals surface area contributed by atoms with Crippen LogP contribution in [0.1, 0.15) is 45.6 Å². The zero-order valence-corrected chi connectivity index (χ0v) is 11.5. The van der Waals surface area contributed by atoms with Crippen LogP contribution in [0.2, 0.25) is 0 Å². The first-order valence-electron chi connectivity index (χ1n) is 6.64. The van der Waals surface area contributed by atoms with E-state index in [1.54, 1.807) is 0 Å². The van der Waals surface area contributed by atoms with Crippen molar-refractivity contribution in [1.29, 1.82) is 0 Å². The Kier molecular flexibility index (Phi) is 6.06. The summed E-state index contributed by atoms with van der Waals surface area (Å²) in [7, 11) is 0. The standard InChI is InChI=1S/C15H25NO/c1-5-12(3)14-7-9-15(10-8-14)17-13(4)11-16-6-2/h7-10,12-13,16H,5-6,11H2,1-4H3. The smallest absolute Gasteiger partial charge is 0.119 e. The van der Waals surface area contributed by atoms with Crippen molar-refractivity contribution in [2.45, 2.75) is 46.1 Å². The molecule has 1 aromatic carbocycles. The third kappa shape index (κ3) is 4.78. The summed E-state index contributed by atoms with van der Waals surface area (Å²) >= 11 is 0. The summed E-state index contributed by atoms with van der Waals surface area (Å²) in [5.41, 5.74) is 1.39. The van der Waals surface area contributed by atoms with Crippen LogP contribution in [0, 0.1) is 0 Å². The van der Waals surface area contributed by atoms with Gasteiger partial charge in [0.2, 0.25) is 0 Å². The molecular formula is C15H25NO. The first kappa shape index (κ1) is 14.0. The zero-order valence-electron chi connectivity index (χ0n) is 11.5. The van der Waals surface area contributed by atoms with Gasteiger partial charge in [-0.1, -0.05) is 32.9 Å². The maximum absolute atomic E-state index is 5.82. The number of benzene rings is 1. The summed E-state index contributed by atoms with van der Waals surface area (Å²) in [6.45, 7) is 10.5. The van der Waals surface area contributed by atoms with E-state index in [0.29, 0.717) is 5.92 Å². The largest absolute Gasteiger partial charge is 0.489 e. The zero-order chi connectivity index (χ0) is 12.7. The Labute approximate surface area is 105 Å². The SMILES string of the molecule is CCNCC(C)Oc1ccc(C(C)CC)cc1. The summed E-state index contributed by atoms with van der Waals surface area (Å²) in [5.74, 6) is 1.59. The van der Waals surface area contributed by atoms with Gasteiger partial charge < -0.3 is 10.1 Å². The fraction of sp³-hybridized carbons (Fsp3) is 0.600. The molecule has 0 aromatic heterocycles. The Morgan fingerprint density at radius 3 is 2.29 bits per heavy atom. The molecule has 0 bridgehead atoms. The molecule has 1 rings (SSSR count).